The summed E-state index contributed by atoms with van der Waals surface area (Å²) in [5.74, 6) is 0. The van der Waals surface area contributed by atoms with E-state index in [1.807, 2.05) is 0 Å². The zero-order valence-corrected chi connectivity index (χ0v) is 10.8. The maximum absolute atomic E-state index is 2.38. The van der Waals surface area contributed by atoms with Crippen molar-refractivity contribution in [3.05, 3.63) is 18.2 Å². The predicted octanol–water partition coefficient (Wildman–Crippen LogP) is 0.878. The second-order valence-electron chi connectivity index (χ2n) is 3.87. The number of hydrogen-bond donors (Lipinski definition) is 0. The fourth-order valence-electron chi connectivity index (χ4n) is 1.63. The molecule has 14 heavy (non-hydrogen) atoms. The summed E-state index contributed by atoms with van der Waals surface area (Å²) < 4.78 is 1.54. The number of nitrogens with zero attached hydrogens (tertiary/aromatic N) is 2. The van der Waals surface area contributed by atoms with Crippen LogP contribution in [-0.2, 0) is 0 Å². The van der Waals surface area contributed by atoms with Crippen molar-refractivity contribution in [2.24, 2.45) is 0 Å². The van der Waals surface area contributed by atoms with Crippen LogP contribution >= 0.6 is 0 Å². The molecular formula is C11H16N2Se. The van der Waals surface area contributed by atoms with Crippen molar-refractivity contribution in [2.45, 2.75) is 11.9 Å². The van der Waals surface area contributed by atoms with Crippen molar-refractivity contribution in [1.82, 2.24) is 0 Å². The molecule has 2 rings (SSSR count). The molecule has 1 atom stereocenters. The molecule has 2 nitrogen and oxygen atoms in total. The number of anilines is 2. The van der Waals surface area contributed by atoms with E-state index in [1.165, 1.54) is 11.4 Å². The van der Waals surface area contributed by atoms with E-state index in [-0.39, 0.29) is 0 Å². The number of rotatable bonds is 1. The molecule has 0 bridgehead atoms. The van der Waals surface area contributed by atoms with E-state index in [0.717, 1.165) is 0 Å². The van der Waals surface area contributed by atoms with Gasteiger partial charge in [0.15, 0.2) is 0 Å². The van der Waals surface area contributed by atoms with Gasteiger partial charge in [0.05, 0.1) is 0 Å². The molecule has 0 radical (unpaired) electrons. The summed E-state index contributed by atoms with van der Waals surface area (Å²) in [5.41, 5.74) is 2.73. The first kappa shape index (κ1) is 9.88. The Morgan fingerprint density at radius 3 is 2.71 bits per heavy atom. The summed E-state index contributed by atoms with van der Waals surface area (Å²) in [5, 5.41) is 0. The van der Waals surface area contributed by atoms with Crippen LogP contribution in [0.5, 0.6) is 0 Å². The minimum absolute atomic E-state index is 0.607. The van der Waals surface area contributed by atoms with Crippen LogP contribution < -0.4 is 14.3 Å². The zero-order valence-electron chi connectivity index (χ0n) is 9.11. The molecule has 1 aromatic rings. The molecule has 0 saturated carbocycles. The molecule has 0 N–H and O–H groups in total. The van der Waals surface area contributed by atoms with E-state index in [1.54, 1.807) is 4.46 Å². The molecule has 76 valence electrons. The Hall–Kier alpha value is -0.661. The van der Waals surface area contributed by atoms with Gasteiger partial charge < -0.3 is 0 Å². The van der Waals surface area contributed by atoms with Gasteiger partial charge in [-0.1, -0.05) is 0 Å². The van der Waals surface area contributed by atoms with Crippen LogP contribution in [0.3, 0.4) is 0 Å². The van der Waals surface area contributed by atoms with Crippen molar-refractivity contribution in [2.75, 3.05) is 30.9 Å². The van der Waals surface area contributed by atoms with Gasteiger partial charge in [0.2, 0.25) is 0 Å². The van der Waals surface area contributed by atoms with Gasteiger partial charge in [0.25, 0.3) is 0 Å². The van der Waals surface area contributed by atoms with Crippen molar-refractivity contribution < 1.29 is 0 Å². The molecule has 0 fully saturated rings. The van der Waals surface area contributed by atoms with Crippen molar-refractivity contribution in [3.8, 4) is 0 Å². The van der Waals surface area contributed by atoms with E-state index in [0.29, 0.717) is 19.9 Å². The Kier molecular flexibility index (Phi) is 2.46. The fraction of sp³-hybridized carbons (Fsp3) is 0.455. The molecule has 0 aromatic heterocycles. The molecule has 1 unspecified atom stereocenters. The monoisotopic (exact) mass is 256 g/mol. The van der Waals surface area contributed by atoms with Crippen LogP contribution in [-0.4, -0.2) is 41.0 Å². The van der Waals surface area contributed by atoms with Crippen molar-refractivity contribution in [3.63, 3.8) is 0 Å². The first-order chi connectivity index (χ1) is 6.59. The van der Waals surface area contributed by atoms with E-state index in [2.05, 4.69) is 56.1 Å². The zero-order chi connectivity index (χ0) is 10.3. The molecule has 0 amide bonds. The molecule has 1 aliphatic heterocycles. The van der Waals surface area contributed by atoms with Gasteiger partial charge in [-0.3, -0.25) is 0 Å². The van der Waals surface area contributed by atoms with Crippen LogP contribution in [0.2, 0.25) is 0 Å². The van der Waals surface area contributed by atoms with Crippen LogP contribution in [0.4, 0.5) is 11.4 Å². The fourth-order valence-corrected chi connectivity index (χ4v) is 4.06. The molecule has 0 spiro atoms. The number of benzene rings is 1. The summed E-state index contributed by atoms with van der Waals surface area (Å²) in [6.07, 6.45) is 0. The van der Waals surface area contributed by atoms with E-state index in [4.69, 9.17) is 0 Å². The van der Waals surface area contributed by atoms with Gasteiger partial charge in [0, 0.05) is 0 Å². The van der Waals surface area contributed by atoms with Crippen LogP contribution in [0.15, 0.2) is 18.2 Å². The summed E-state index contributed by atoms with van der Waals surface area (Å²) in [6, 6.07) is 6.77. The van der Waals surface area contributed by atoms with Gasteiger partial charge in [-0.15, -0.1) is 0 Å². The second kappa shape index (κ2) is 3.48. The third-order valence-corrected chi connectivity index (χ3v) is 5.28. The molecule has 3 heteroatoms. The van der Waals surface area contributed by atoms with E-state index < -0.39 is 0 Å². The summed E-state index contributed by atoms with van der Waals surface area (Å²) in [4.78, 5) is 5.25. The van der Waals surface area contributed by atoms with Gasteiger partial charge in [0.1, 0.15) is 0 Å². The molecular weight excluding hydrogens is 239 g/mol. The summed E-state index contributed by atoms with van der Waals surface area (Å²) in [6.45, 7) is 2.30. The van der Waals surface area contributed by atoms with Crippen molar-refractivity contribution >= 4 is 30.8 Å². The average molecular weight is 255 g/mol. The van der Waals surface area contributed by atoms with Crippen LogP contribution in [0.25, 0.3) is 0 Å². The second-order valence-corrected chi connectivity index (χ2v) is 6.72. The van der Waals surface area contributed by atoms with E-state index >= 15 is 0 Å². The third kappa shape index (κ3) is 1.51. The Labute approximate surface area is 92.1 Å². The quantitative estimate of drug-likeness (QED) is 0.687. The first-order valence-electron chi connectivity index (χ1n) is 4.80. The first-order valence-corrected chi connectivity index (χ1v) is 6.65. The summed E-state index contributed by atoms with van der Waals surface area (Å²) in [7, 11) is 6.38. The van der Waals surface area contributed by atoms with Gasteiger partial charge in [-0.25, -0.2) is 0 Å². The van der Waals surface area contributed by atoms with Gasteiger partial charge >= 0.3 is 91.8 Å². The Balaban J connectivity index is 2.39. The molecule has 1 aliphatic rings. The normalized spacial score (nSPS) is 19.7. The average Bonchev–Trinajstić information content (AvgIpc) is 2.42. The van der Waals surface area contributed by atoms with Crippen molar-refractivity contribution in [1.29, 1.82) is 0 Å². The minimum atomic E-state index is 0.607. The third-order valence-electron chi connectivity index (χ3n) is 2.68. The summed E-state index contributed by atoms with van der Waals surface area (Å²) >= 11 is 0.607. The molecule has 1 aromatic carbocycles. The number of hydrogen-bond acceptors (Lipinski definition) is 2. The predicted molar refractivity (Wildman–Crippen MR) is 64.0 cm³/mol. The Bertz CT molecular complexity index is 349. The molecule has 0 aliphatic carbocycles. The Morgan fingerprint density at radius 1 is 1.36 bits per heavy atom. The Morgan fingerprint density at radius 2 is 2.07 bits per heavy atom. The van der Waals surface area contributed by atoms with Crippen LogP contribution in [0.1, 0.15) is 6.92 Å². The molecule has 0 saturated heterocycles. The van der Waals surface area contributed by atoms with Gasteiger partial charge in [-0.05, 0) is 0 Å². The standard InChI is InChI=1S/C11H16N2Se/c1-8-13(4)10-6-5-9(12(2)3)7-11(10)14-8/h5-8H,1-4H3. The van der Waals surface area contributed by atoms with Gasteiger partial charge in [-0.2, -0.15) is 0 Å². The topological polar surface area (TPSA) is 6.48 Å². The molecule has 1 heterocycles. The number of fused-ring (bicyclic) bond motifs is 1. The van der Waals surface area contributed by atoms with Crippen LogP contribution in [0, 0.1) is 0 Å². The SMILES string of the molecule is CC1[Se]c2cc(N(C)C)ccc2N1C. The maximum atomic E-state index is 2.38. The van der Waals surface area contributed by atoms with E-state index in [9.17, 15) is 0 Å².